The van der Waals surface area contributed by atoms with Gasteiger partial charge in [0.15, 0.2) is 0 Å². The van der Waals surface area contributed by atoms with Crippen molar-refractivity contribution >= 4 is 11.9 Å². The molecule has 0 aromatic carbocycles. The number of rotatable bonds is 4. The second kappa shape index (κ2) is 4.61. The zero-order valence-electron chi connectivity index (χ0n) is 9.17. The van der Waals surface area contributed by atoms with Gasteiger partial charge in [0.25, 0.3) is 0 Å². The summed E-state index contributed by atoms with van der Waals surface area (Å²) < 4.78 is 0. The van der Waals surface area contributed by atoms with Crippen LogP contribution in [0.3, 0.4) is 0 Å². The van der Waals surface area contributed by atoms with E-state index in [0.717, 1.165) is 19.4 Å². The minimum atomic E-state index is -1.15. The summed E-state index contributed by atoms with van der Waals surface area (Å²) in [5, 5.41) is 14.6. The lowest BCUT2D eigenvalue weighted by Gasteiger charge is -2.26. The Morgan fingerprint density at radius 2 is 2.27 bits per heavy atom. The number of carbonyl (C=O) groups excluding carboxylic acids is 1. The Kier molecular flexibility index (Phi) is 3.68. The van der Waals surface area contributed by atoms with Gasteiger partial charge in [0.05, 0.1) is 6.04 Å². The number of aliphatic carboxylic acids is 1. The van der Waals surface area contributed by atoms with Crippen molar-refractivity contribution < 1.29 is 14.7 Å². The van der Waals surface area contributed by atoms with Gasteiger partial charge in [-0.15, -0.1) is 0 Å². The summed E-state index contributed by atoms with van der Waals surface area (Å²) in [6, 6.07) is -0.227. The van der Waals surface area contributed by atoms with Crippen molar-refractivity contribution in [3.8, 4) is 0 Å². The van der Waals surface area contributed by atoms with Gasteiger partial charge < -0.3 is 15.7 Å². The van der Waals surface area contributed by atoms with E-state index in [2.05, 4.69) is 10.6 Å². The van der Waals surface area contributed by atoms with Gasteiger partial charge in [0.1, 0.15) is 5.54 Å². The quantitative estimate of drug-likeness (QED) is 0.620. The Bertz CT molecular complexity index is 261. The molecule has 1 rings (SSSR count). The summed E-state index contributed by atoms with van der Waals surface area (Å²) in [6.07, 6.45) is 2.13. The van der Waals surface area contributed by atoms with Crippen LogP contribution in [0.1, 0.15) is 33.1 Å². The van der Waals surface area contributed by atoms with Crippen LogP contribution in [0.4, 0.5) is 0 Å². The van der Waals surface area contributed by atoms with E-state index in [1.54, 1.807) is 6.92 Å². The minimum absolute atomic E-state index is 0.209. The largest absolute Gasteiger partial charge is 0.480 e. The van der Waals surface area contributed by atoms with Crippen molar-refractivity contribution in [2.24, 2.45) is 0 Å². The van der Waals surface area contributed by atoms with Crippen LogP contribution in [0.15, 0.2) is 0 Å². The molecule has 1 aliphatic rings. The highest BCUT2D eigenvalue weighted by molar-refractivity contribution is 5.89. The van der Waals surface area contributed by atoms with Gasteiger partial charge in [0.2, 0.25) is 5.91 Å². The molecule has 1 fully saturated rings. The lowest BCUT2D eigenvalue weighted by atomic mass is 9.98. The second-order valence-electron chi connectivity index (χ2n) is 4.13. The van der Waals surface area contributed by atoms with Crippen LogP contribution in [0.2, 0.25) is 0 Å². The molecule has 0 aromatic heterocycles. The highest BCUT2D eigenvalue weighted by atomic mass is 16.4. The van der Waals surface area contributed by atoms with Crippen LogP contribution < -0.4 is 10.6 Å². The Morgan fingerprint density at radius 3 is 2.67 bits per heavy atom. The number of nitrogens with one attached hydrogen (secondary N) is 2. The SMILES string of the molecule is CCC(C)(NC(=O)[C@H]1CCCN1)C(=O)O. The predicted octanol–water partition coefficient (Wildman–Crippen LogP) is 0.108. The van der Waals surface area contributed by atoms with Crippen LogP contribution in [0.25, 0.3) is 0 Å². The number of hydrogen-bond acceptors (Lipinski definition) is 3. The van der Waals surface area contributed by atoms with Crippen molar-refractivity contribution in [2.75, 3.05) is 6.54 Å². The fourth-order valence-electron chi connectivity index (χ4n) is 1.56. The molecule has 86 valence electrons. The number of hydrogen-bond donors (Lipinski definition) is 3. The van der Waals surface area contributed by atoms with E-state index < -0.39 is 11.5 Å². The molecule has 0 aromatic rings. The van der Waals surface area contributed by atoms with Crippen molar-refractivity contribution in [3.05, 3.63) is 0 Å². The third kappa shape index (κ3) is 2.68. The van der Waals surface area contributed by atoms with E-state index in [-0.39, 0.29) is 11.9 Å². The molecule has 2 atom stereocenters. The average Bonchev–Trinajstić information content (AvgIpc) is 2.70. The molecule has 0 saturated carbocycles. The van der Waals surface area contributed by atoms with Crippen LogP contribution in [0, 0.1) is 0 Å². The van der Waals surface area contributed by atoms with Gasteiger partial charge in [-0.2, -0.15) is 0 Å². The van der Waals surface area contributed by atoms with Crippen molar-refractivity contribution in [2.45, 2.75) is 44.7 Å². The van der Waals surface area contributed by atoms with Crippen LogP contribution in [0.5, 0.6) is 0 Å². The summed E-state index contributed by atoms with van der Waals surface area (Å²) in [5.74, 6) is -1.20. The summed E-state index contributed by atoms with van der Waals surface area (Å²) >= 11 is 0. The van der Waals surface area contributed by atoms with Crippen molar-refractivity contribution in [1.29, 1.82) is 0 Å². The molecule has 5 nitrogen and oxygen atoms in total. The molecule has 0 spiro atoms. The molecule has 1 amide bonds. The van der Waals surface area contributed by atoms with Gasteiger partial charge in [0, 0.05) is 0 Å². The zero-order chi connectivity index (χ0) is 11.5. The summed E-state index contributed by atoms with van der Waals surface area (Å²) in [6.45, 7) is 4.10. The highest BCUT2D eigenvalue weighted by Crippen LogP contribution is 2.12. The van der Waals surface area contributed by atoms with Gasteiger partial charge in [-0.25, -0.2) is 4.79 Å². The minimum Gasteiger partial charge on any atom is -0.480 e. The normalized spacial score (nSPS) is 24.5. The number of carboxylic acid groups (broad SMARTS) is 1. The maximum absolute atomic E-state index is 11.7. The molecule has 15 heavy (non-hydrogen) atoms. The van der Waals surface area contributed by atoms with E-state index in [1.807, 2.05) is 0 Å². The molecule has 1 aliphatic heterocycles. The van der Waals surface area contributed by atoms with E-state index in [9.17, 15) is 9.59 Å². The fraction of sp³-hybridized carbons (Fsp3) is 0.800. The molecule has 1 saturated heterocycles. The first kappa shape index (κ1) is 12.0. The van der Waals surface area contributed by atoms with E-state index in [1.165, 1.54) is 6.92 Å². The summed E-state index contributed by atoms with van der Waals surface area (Å²) in [5.41, 5.74) is -1.15. The van der Waals surface area contributed by atoms with Gasteiger partial charge in [-0.3, -0.25) is 4.79 Å². The third-order valence-corrected chi connectivity index (χ3v) is 2.96. The fourth-order valence-corrected chi connectivity index (χ4v) is 1.56. The molecule has 0 aliphatic carbocycles. The second-order valence-corrected chi connectivity index (χ2v) is 4.13. The smallest absolute Gasteiger partial charge is 0.329 e. The Hall–Kier alpha value is -1.10. The Morgan fingerprint density at radius 1 is 1.60 bits per heavy atom. The summed E-state index contributed by atoms with van der Waals surface area (Å²) in [4.78, 5) is 22.7. The maximum Gasteiger partial charge on any atom is 0.329 e. The van der Waals surface area contributed by atoms with Crippen LogP contribution >= 0.6 is 0 Å². The predicted molar refractivity (Wildman–Crippen MR) is 55.5 cm³/mol. The molecule has 5 heteroatoms. The standard InChI is InChI=1S/C10H18N2O3/c1-3-10(2,9(14)15)12-8(13)7-5-4-6-11-7/h7,11H,3-6H2,1-2H3,(H,12,13)(H,14,15)/t7-,10?/m1/s1. The Labute approximate surface area is 89.2 Å². The highest BCUT2D eigenvalue weighted by Gasteiger charge is 2.35. The molecular formula is C10H18N2O3. The van der Waals surface area contributed by atoms with Gasteiger partial charge >= 0.3 is 5.97 Å². The summed E-state index contributed by atoms with van der Waals surface area (Å²) in [7, 11) is 0. The number of carbonyl (C=O) groups is 2. The van der Waals surface area contributed by atoms with E-state index in [0.29, 0.717) is 6.42 Å². The van der Waals surface area contributed by atoms with Crippen LogP contribution in [-0.2, 0) is 9.59 Å². The average molecular weight is 214 g/mol. The van der Waals surface area contributed by atoms with Crippen molar-refractivity contribution in [3.63, 3.8) is 0 Å². The molecule has 0 radical (unpaired) electrons. The first-order valence-electron chi connectivity index (χ1n) is 5.28. The van der Waals surface area contributed by atoms with Gasteiger partial charge in [-0.1, -0.05) is 6.92 Å². The lowest BCUT2D eigenvalue weighted by Crippen LogP contribution is -2.55. The molecule has 1 unspecified atom stereocenters. The maximum atomic E-state index is 11.7. The topological polar surface area (TPSA) is 78.4 Å². The van der Waals surface area contributed by atoms with Crippen molar-refractivity contribution in [1.82, 2.24) is 10.6 Å². The number of carboxylic acids is 1. The molecule has 0 bridgehead atoms. The lowest BCUT2D eigenvalue weighted by molar-refractivity contribution is -0.147. The Balaban J connectivity index is 2.58. The molecule has 1 heterocycles. The van der Waals surface area contributed by atoms with Crippen LogP contribution in [-0.4, -0.2) is 35.1 Å². The number of amides is 1. The van der Waals surface area contributed by atoms with Gasteiger partial charge in [-0.05, 0) is 32.7 Å². The zero-order valence-corrected chi connectivity index (χ0v) is 9.17. The third-order valence-electron chi connectivity index (χ3n) is 2.96. The van der Waals surface area contributed by atoms with E-state index in [4.69, 9.17) is 5.11 Å². The molecule has 3 N–H and O–H groups in total. The molecular weight excluding hydrogens is 196 g/mol. The van der Waals surface area contributed by atoms with E-state index >= 15 is 0 Å². The first-order valence-corrected chi connectivity index (χ1v) is 5.28. The first-order chi connectivity index (χ1) is 6.99. The monoisotopic (exact) mass is 214 g/mol.